The summed E-state index contributed by atoms with van der Waals surface area (Å²) in [5.41, 5.74) is 0. The molecule has 22 heavy (non-hydrogen) atoms. The predicted octanol–water partition coefficient (Wildman–Crippen LogP) is 5.26. The van der Waals surface area contributed by atoms with E-state index in [4.69, 9.17) is 0 Å². The summed E-state index contributed by atoms with van der Waals surface area (Å²) < 4.78 is 15.7. The SMILES string of the molecule is C[C@]1(P(=O)(c2ccccc2)c2ccccc2)CCCC=C1I. The van der Waals surface area contributed by atoms with Gasteiger partial charge in [0.15, 0.2) is 7.14 Å². The molecule has 0 fully saturated rings. The van der Waals surface area contributed by atoms with Gasteiger partial charge in [0.1, 0.15) is 0 Å². The van der Waals surface area contributed by atoms with Gasteiger partial charge in [0.05, 0.1) is 5.16 Å². The molecule has 0 aromatic heterocycles. The largest absolute Gasteiger partial charge is 0.313 e. The molecule has 1 aliphatic carbocycles. The van der Waals surface area contributed by atoms with E-state index in [0.717, 1.165) is 29.9 Å². The van der Waals surface area contributed by atoms with E-state index in [-0.39, 0.29) is 5.16 Å². The maximum Gasteiger partial charge on any atom is 0.153 e. The van der Waals surface area contributed by atoms with Gasteiger partial charge in [-0.15, -0.1) is 0 Å². The van der Waals surface area contributed by atoms with Crippen molar-refractivity contribution in [3.05, 3.63) is 70.3 Å². The number of halogens is 1. The van der Waals surface area contributed by atoms with E-state index in [2.05, 4.69) is 35.6 Å². The zero-order valence-corrected chi connectivity index (χ0v) is 15.8. The molecule has 3 heteroatoms. The second-order valence-corrected chi connectivity index (χ2v) is 10.4. The van der Waals surface area contributed by atoms with Crippen molar-refractivity contribution in [3.63, 3.8) is 0 Å². The second-order valence-electron chi connectivity index (χ2n) is 6.00. The van der Waals surface area contributed by atoms with E-state index < -0.39 is 7.14 Å². The number of allylic oxidation sites excluding steroid dienone is 2. The standard InChI is InChI=1S/C19H20IOP/c1-19(15-9-8-14-18(19)20)22(21,16-10-4-2-5-11-16)17-12-6-3-7-13-17/h2-7,10-14H,8-9,15H2,1H3/t19-/m0/s1. The Bertz CT molecular complexity index is 680. The van der Waals surface area contributed by atoms with Crippen LogP contribution >= 0.6 is 29.7 Å². The van der Waals surface area contributed by atoms with Crippen molar-refractivity contribution in [2.75, 3.05) is 0 Å². The molecule has 1 nitrogen and oxygen atoms in total. The van der Waals surface area contributed by atoms with Gasteiger partial charge in [-0.1, -0.05) is 66.7 Å². The summed E-state index contributed by atoms with van der Waals surface area (Å²) in [7, 11) is -2.74. The molecule has 0 bridgehead atoms. The normalized spacial score (nSPS) is 22.2. The summed E-state index contributed by atoms with van der Waals surface area (Å²) in [6.45, 7) is 2.19. The van der Waals surface area contributed by atoms with Crippen LogP contribution in [-0.2, 0) is 4.57 Å². The first-order valence-electron chi connectivity index (χ1n) is 7.66. The highest BCUT2D eigenvalue weighted by atomic mass is 127. The molecule has 0 saturated heterocycles. The molecule has 0 saturated carbocycles. The summed E-state index contributed by atoms with van der Waals surface area (Å²) in [5, 5.41) is 1.63. The minimum atomic E-state index is -2.74. The molecule has 0 heterocycles. The second kappa shape index (κ2) is 6.33. The quantitative estimate of drug-likeness (QED) is 0.487. The molecule has 2 aromatic rings. The highest BCUT2D eigenvalue weighted by Crippen LogP contribution is 2.63. The molecule has 0 radical (unpaired) electrons. The Balaban J connectivity index is 2.27. The molecule has 1 aliphatic rings. The Hall–Kier alpha value is -0.860. The molecule has 114 valence electrons. The summed E-state index contributed by atoms with van der Waals surface area (Å²) in [6, 6.07) is 20.1. The topological polar surface area (TPSA) is 17.1 Å². The minimum absolute atomic E-state index is 0.297. The molecule has 3 rings (SSSR count). The number of rotatable bonds is 3. The van der Waals surface area contributed by atoms with Crippen LogP contribution in [0.2, 0.25) is 0 Å². The Morgan fingerprint density at radius 3 is 1.91 bits per heavy atom. The van der Waals surface area contributed by atoms with Crippen molar-refractivity contribution >= 4 is 40.3 Å². The Morgan fingerprint density at radius 2 is 1.45 bits per heavy atom. The fourth-order valence-corrected chi connectivity index (χ4v) is 8.40. The lowest BCUT2D eigenvalue weighted by atomic mass is 9.97. The van der Waals surface area contributed by atoms with Gasteiger partial charge in [-0.3, -0.25) is 0 Å². The van der Waals surface area contributed by atoms with E-state index in [1.807, 2.05) is 60.7 Å². The molecule has 2 aromatic carbocycles. The summed E-state index contributed by atoms with van der Waals surface area (Å²) >= 11 is 2.40. The van der Waals surface area contributed by atoms with E-state index >= 15 is 0 Å². The van der Waals surface area contributed by atoms with Crippen LogP contribution in [-0.4, -0.2) is 5.16 Å². The maximum absolute atomic E-state index is 14.5. The lowest BCUT2D eigenvalue weighted by Gasteiger charge is -2.40. The number of hydrogen-bond donors (Lipinski definition) is 0. The zero-order valence-electron chi connectivity index (χ0n) is 12.7. The van der Waals surface area contributed by atoms with Crippen molar-refractivity contribution in [1.29, 1.82) is 0 Å². The predicted molar refractivity (Wildman–Crippen MR) is 104 cm³/mol. The molecule has 0 amide bonds. The van der Waals surface area contributed by atoms with E-state index in [1.165, 1.54) is 3.58 Å². The fraction of sp³-hybridized carbons (Fsp3) is 0.263. The van der Waals surface area contributed by atoms with Crippen LogP contribution in [0.25, 0.3) is 0 Å². The third-order valence-electron chi connectivity index (χ3n) is 4.64. The monoisotopic (exact) mass is 422 g/mol. The first-order valence-corrected chi connectivity index (χ1v) is 10.4. The van der Waals surface area contributed by atoms with Gasteiger partial charge >= 0.3 is 0 Å². The average molecular weight is 422 g/mol. The molecular formula is C19H20IOP. The van der Waals surface area contributed by atoms with Gasteiger partial charge in [0.2, 0.25) is 0 Å². The molecule has 0 aliphatic heterocycles. The maximum atomic E-state index is 14.5. The Morgan fingerprint density at radius 1 is 0.955 bits per heavy atom. The van der Waals surface area contributed by atoms with Crippen molar-refractivity contribution in [3.8, 4) is 0 Å². The Kier molecular flexibility index (Phi) is 4.61. The highest BCUT2D eigenvalue weighted by molar-refractivity contribution is 14.1. The van der Waals surface area contributed by atoms with Gasteiger partial charge in [0, 0.05) is 14.2 Å². The van der Waals surface area contributed by atoms with Crippen molar-refractivity contribution in [1.82, 2.24) is 0 Å². The van der Waals surface area contributed by atoms with Crippen LogP contribution in [0, 0.1) is 0 Å². The molecule has 1 atom stereocenters. The van der Waals surface area contributed by atoms with Crippen LogP contribution in [0.4, 0.5) is 0 Å². The van der Waals surface area contributed by atoms with Crippen LogP contribution in [0.1, 0.15) is 26.2 Å². The molecular weight excluding hydrogens is 402 g/mol. The third kappa shape index (κ3) is 2.51. The van der Waals surface area contributed by atoms with Crippen LogP contribution in [0.15, 0.2) is 70.3 Å². The number of benzene rings is 2. The first-order chi connectivity index (χ1) is 10.6. The van der Waals surface area contributed by atoms with Crippen molar-refractivity contribution in [2.24, 2.45) is 0 Å². The van der Waals surface area contributed by atoms with Crippen molar-refractivity contribution in [2.45, 2.75) is 31.3 Å². The lowest BCUT2D eigenvalue weighted by molar-refractivity contribution is 0.538. The zero-order chi connectivity index (χ0) is 15.6. The van der Waals surface area contributed by atoms with Crippen LogP contribution < -0.4 is 10.6 Å². The van der Waals surface area contributed by atoms with Gasteiger partial charge in [0.25, 0.3) is 0 Å². The van der Waals surface area contributed by atoms with E-state index in [1.54, 1.807) is 0 Å². The van der Waals surface area contributed by atoms with E-state index in [0.29, 0.717) is 0 Å². The molecule has 0 N–H and O–H groups in total. The highest BCUT2D eigenvalue weighted by Gasteiger charge is 2.48. The lowest BCUT2D eigenvalue weighted by Crippen LogP contribution is -2.37. The van der Waals surface area contributed by atoms with E-state index in [9.17, 15) is 4.57 Å². The minimum Gasteiger partial charge on any atom is -0.313 e. The van der Waals surface area contributed by atoms with Crippen molar-refractivity contribution < 1.29 is 4.57 Å². The fourth-order valence-electron chi connectivity index (χ4n) is 3.32. The van der Waals surface area contributed by atoms with Gasteiger partial charge < -0.3 is 4.57 Å². The van der Waals surface area contributed by atoms with Crippen LogP contribution in [0.3, 0.4) is 0 Å². The van der Waals surface area contributed by atoms with Gasteiger partial charge in [-0.05, 0) is 48.8 Å². The molecule has 0 unspecified atom stereocenters. The third-order valence-corrected chi connectivity index (χ3v) is 10.6. The Labute approximate surface area is 146 Å². The summed E-state index contributed by atoms with van der Waals surface area (Å²) in [6.07, 6.45) is 5.44. The van der Waals surface area contributed by atoms with Gasteiger partial charge in [-0.25, -0.2) is 0 Å². The van der Waals surface area contributed by atoms with Gasteiger partial charge in [-0.2, -0.15) is 0 Å². The average Bonchev–Trinajstić information content (AvgIpc) is 2.58. The van der Waals surface area contributed by atoms with Crippen LogP contribution in [0.5, 0.6) is 0 Å². The summed E-state index contributed by atoms with van der Waals surface area (Å²) in [4.78, 5) is 0. The smallest absolute Gasteiger partial charge is 0.153 e. The summed E-state index contributed by atoms with van der Waals surface area (Å²) in [5.74, 6) is 0. The number of hydrogen-bond acceptors (Lipinski definition) is 1. The molecule has 0 spiro atoms. The first kappa shape index (κ1) is 16.0.